The van der Waals surface area contributed by atoms with E-state index in [4.69, 9.17) is 10.5 Å². The van der Waals surface area contributed by atoms with Crippen molar-refractivity contribution in [3.05, 3.63) is 0 Å². The molecule has 0 aromatic rings. The van der Waals surface area contributed by atoms with E-state index >= 15 is 0 Å². The zero-order chi connectivity index (χ0) is 10.8. The minimum atomic E-state index is -1.19. The predicted molar refractivity (Wildman–Crippen MR) is 55.9 cm³/mol. The van der Waals surface area contributed by atoms with Crippen molar-refractivity contribution in [2.24, 2.45) is 17.1 Å². The molecule has 1 unspecified atom stereocenters. The monoisotopic (exact) mass is 203 g/mol. The highest BCUT2D eigenvalue weighted by Crippen LogP contribution is 2.43. The van der Waals surface area contributed by atoms with E-state index in [1.807, 2.05) is 13.8 Å². The number of rotatable bonds is 3. The van der Waals surface area contributed by atoms with E-state index < -0.39 is 11.1 Å². The summed E-state index contributed by atoms with van der Waals surface area (Å²) in [7, 11) is 0. The van der Waals surface area contributed by atoms with E-state index in [2.05, 4.69) is 0 Å². The van der Waals surface area contributed by atoms with Crippen molar-refractivity contribution in [2.75, 3.05) is 19.8 Å². The van der Waals surface area contributed by atoms with E-state index in [9.17, 15) is 4.39 Å². The van der Waals surface area contributed by atoms with Gasteiger partial charge in [-0.25, -0.2) is 4.39 Å². The molecular formula is C11H22FNO. The lowest BCUT2D eigenvalue weighted by Crippen LogP contribution is -2.50. The Hall–Kier alpha value is -0.150. The summed E-state index contributed by atoms with van der Waals surface area (Å²) in [5.41, 5.74) is 3.99. The van der Waals surface area contributed by atoms with Gasteiger partial charge in [-0.2, -0.15) is 0 Å². The molecule has 14 heavy (non-hydrogen) atoms. The van der Waals surface area contributed by atoms with Gasteiger partial charge < -0.3 is 10.5 Å². The number of alkyl halides is 1. The second-order valence-electron chi connectivity index (χ2n) is 5.05. The average Bonchev–Trinajstić information content (AvgIpc) is 2.19. The normalized spacial score (nSPS) is 24.6. The molecule has 0 bridgehead atoms. The smallest absolute Gasteiger partial charge is 0.117 e. The van der Waals surface area contributed by atoms with Crippen LogP contribution in [0.2, 0.25) is 0 Å². The van der Waals surface area contributed by atoms with Crippen LogP contribution < -0.4 is 5.73 Å². The van der Waals surface area contributed by atoms with E-state index in [0.717, 1.165) is 12.8 Å². The molecule has 1 aliphatic rings. The second-order valence-corrected chi connectivity index (χ2v) is 5.05. The molecule has 0 amide bonds. The van der Waals surface area contributed by atoms with Crippen molar-refractivity contribution < 1.29 is 9.13 Å². The van der Waals surface area contributed by atoms with Crippen LogP contribution in [0.15, 0.2) is 0 Å². The lowest BCUT2D eigenvalue weighted by atomic mass is 9.68. The summed E-state index contributed by atoms with van der Waals surface area (Å²) in [5.74, 6) is 0.0924. The van der Waals surface area contributed by atoms with Crippen LogP contribution in [0.4, 0.5) is 4.39 Å². The summed E-state index contributed by atoms with van der Waals surface area (Å²) in [5, 5.41) is 0. The first-order chi connectivity index (χ1) is 6.42. The number of halogens is 1. The Labute approximate surface area is 86.0 Å². The van der Waals surface area contributed by atoms with Crippen LogP contribution in [0, 0.1) is 11.3 Å². The molecule has 84 valence electrons. The predicted octanol–water partition coefficient (Wildman–Crippen LogP) is 2.13. The lowest BCUT2D eigenvalue weighted by Gasteiger charge is -2.44. The van der Waals surface area contributed by atoms with Crippen LogP contribution in [-0.4, -0.2) is 25.4 Å². The fourth-order valence-corrected chi connectivity index (χ4v) is 1.99. The van der Waals surface area contributed by atoms with Crippen LogP contribution >= 0.6 is 0 Å². The van der Waals surface area contributed by atoms with Gasteiger partial charge in [0.05, 0.1) is 0 Å². The van der Waals surface area contributed by atoms with E-state index in [0.29, 0.717) is 19.8 Å². The Morgan fingerprint density at radius 1 is 1.29 bits per heavy atom. The van der Waals surface area contributed by atoms with Crippen LogP contribution in [0.1, 0.15) is 33.6 Å². The van der Waals surface area contributed by atoms with Gasteiger partial charge in [-0.15, -0.1) is 0 Å². The van der Waals surface area contributed by atoms with Gasteiger partial charge in [-0.05, 0) is 25.7 Å². The first-order valence-corrected chi connectivity index (χ1v) is 5.38. The van der Waals surface area contributed by atoms with Gasteiger partial charge in [-0.1, -0.05) is 13.8 Å². The van der Waals surface area contributed by atoms with Gasteiger partial charge in [0.1, 0.15) is 5.67 Å². The topological polar surface area (TPSA) is 35.2 Å². The molecule has 0 saturated carbocycles. The van der Waals surface area contributed by atoms with Crippen LogP contribution in [0.3, 0.4) is 0 Å². The van der Waals surface area contributed by atoms with E-state index in [-0.39, 0.29) is 5.92 Å². The van der Waals surface area contributed by atoms with Crippen LogP contribution in [0.5, 0.6) is 0 Å². The van der Waals surface area contributed by atoms with Gasteiger partial charge in [-0.3, -0.25) is 0 Å². The quantitative estimate of drug-likeness (QED) is 0.762. The largest absolute Gasteiger partial charge is 0.381 e. The Morgan fingerprint density at radius 3 is 2.21 bits per heavy atom. The second kappa shape index (κ2) is 4.15. The van der Waals surface area contributed by atoms with Crippen molar-refractivity contribution in [1.82, 2.24) is 0 Å². The summed E-state index contributed by atoms with van der Waals surface area (Å²) < 4.78 is 19.9. The maximum atomic E-state index is 14.6. The SMILES string of the molecule is CC(C)(CN)C(C)(F)C1CCOCC1. The summed E-state index contributed by atoms with van der Waals surface area (Å²) >= 11 is 0. The first kappa shape index (κ1) is 11.9. The standard InChI is InChI=1S/C11H22FNO/c1-10(2,8-13)11(3,12)9-4-6-14-7-5-9/h9H,4-8,13H2,1-3H3. The highest BCUT2D eigenvalue weighted by atomic mass is 19.1. The Morgan fingerprint density at radius 2 is 1.79 bits per heavy atom. The summed E-state index contributed by atoms with van der Waals surface area (Å²) in [4.78, 5) is 0. The maximum absolute atomic E-state index is 14.6. The molecule has 0 radical (unpaired) electrons. The summed E-state index contributed by atoms with van der Waals surface area (Å²) in [6.45, 7) is 7.26. The Bertz CT molecular complexity index is 186. The molecule has 1 atom stereocenters. The van der Waals surface area contributed by atoms with E-state index in [1.54, 1.807) is 6.92 Å². The minimum Gasteiger partial charge on any atom is -0.381 e. The van der Waals surface area contributed by atoms with Crippen molar-refractivity contribution in [3.63, 3.8) is 0 Å². The number of ether oxygens (including phenoxy) is 1. The fourth-order valence-electron chi connectivity index (χ4n) is 1.99. The first-order valence-electron chi connectivity index (χ1n) is 5.38. The van der Waals surface area contributed by atoms with Crippen LogP contribution in [0.25, 0.3) is 0 Å². The number of nitrogens with two attached hydrogens (primary N) is 1. The third-order valence-electron chi connectivity index (χ3n) is 3.82. The van der Waals surface area contributed by atoms with Gasteiger partial charge in [0.15, 0.2) is 0 Å². The van der Waals surface area contributed by atoms with Gasteiger partial charge in [0.2, 0.25) is 0 Å². The number of hydrogen-bond acceptors (Lipinski definition) is 2. The molecule has 1 rings (SSSR count). The van der Waals surface area contributed by atoms with Gasteiger partial charge in [0, 0.05) is 25.2 Å². The van der Waals surface area contributed by atoms with Gasteiger partial charge >= 0.3 is 0 Å². The zero-order valence-corrected chi connectivity index (χ0v) is 9.48. The van der Waals surface area contributed by atoms with Crippen LogP contribution in [-0.2, 0) is 4.74 Å². The highest BCUT2D eigenvalue weighted by molar-refractivity contribution is 4.96. The van der Waals surface area contributed by atoms with Crippen molar-refractivity contribution in [3.8, 4) is 0 Å². The summed E-state index contributed by atoms with van der Waals surface area (Å²) in [6.07, 6.45) is 1.63. The third-order valence-corrected chi connectivity index (χ3v) is 3.82. The Kier molecular flexibility index (Phi) is 3.53. The molecule has 0 aliphatic carbocycles. The minimum absolute atomic E-state index is 0.0924. The number of hydrogen-bond donors (Lipinski definition) is 1. The molecule has 2 nitrogen and oxygen atoms in total. The van der Waals surface area contributed by atoms with Crippen molar-refractivity contribution in [1.29, 1.82) is 0 Å². The fraction of sp³-hybridized carbons (Fsp3) is 1.00. The molecule has 1 heterocycles. The molecule has 1 saturated heterocycles. The molecule has 3 heteroatoms. The third kappa shape index (κ3) is 2.09. The van der Waals surface area contributed by atoms with Crippen molar-refractivity contribution in [2.45, 2.75) is 39.3 Å². The lowest BCUT2D eigenvalue weighted by molar-refractivity contribution is -0.0630. The molecule has 0 spiro atoms. The average molecular weight is 203 g/mol. The highest BCUT2D eigenvalue weighted by Gasteiger charge is 2.46. The van der Waals surface area contributed by atoms with Gasteiger partial charge in [0.25, 0.3) is 0 Å². The molecule has 0 aromatic carbocycles. The Balaban J connectivity index is 2.71. The summed E-state index contributed by atoms with van der Waals surface area (Å²) in [6, 6.07) is 0. The molecule has 0 aromatic heterocycles. The maximum Gasteiger partial charge on any atom is 0.117 e. The molecule has 2 N–H and O–H groups in total. The van der Waals surface area contributed by atoms with Crippen molar-refractivity contribution >= 4 is 0 Å². The molecule has 1 fully saturated rings. The zero-order valence-electron chi connectivity index (χ0n) is 9.48. The molecular weight excluding hydrogens is 181 g/mol. The molecule has 1 aliphatic heterocycles. The van der Waals surface area contributed by atoms with E-state index in [1.165, 1.54) is 0 Å².